The molecule has 0 heterocycles. The maximum Gasteiger partial charge on any atom is 0.252 e. The summed E-state index contributed by atoms with van der Waals surface area (Å²) in [6, 6.07) is 2.53. The van der Waals surface area contributed by atoms with E-state index in [4.69, 9.17) is 34.8 Å². The zero-order chi connectivity index (χ0) is 14.8. The molecule has 0 aliphatic rings. The Morgan fingerprint density at radius 3 is 2.37 bits per heavy atom. The van der Waals surface area contributed by atoms with Gasteiger partial charge in [0.15, 0.2) is 0 Å². The zero-order valence-electron chi connectivity index (χ0n) is 9.71. The molecule has 0 atom stereocenters. The van der Waals surface area contributed by atoms with Gasteiger partial charge in [0, 0.05) is 18.0 Å². The summed E-state index contributed by atoms with van der Waals surface area (Å²) in [7, 11) is -3.10. The second-order valence-corrected chi connectivity index (χ2v) is 6.78. The van der Waals surface area contributed by atoms with Crippen LogP contribution in [0.3, 0.4) is 0 Å². The highest BCUT2D eigenvalue weighted by Crippen LogP contribution is 2.32. The predicted octanol–water partition coefficient (Wildman–Crippen LogP) is 3.62. The number of hydrogen-bond donors (Lipinski definition) is 0. The van der Waals surface area contributed by atoms with Crippen molar-refractivity contribution in [1.29, 1.82) is 0 Å². The van der Waals surface area contributed by atoms with Gasteiger partial charge in [-0.3, -0.25) is 0 Å². The number of alkyl halides is 3. The molecule has 0 radical (unpaired) electrons. The van der Waals surface area contributed by atoms with Crippen LogP contribution in [0.15, 0.2) is 17.0 Å². The molecule has 1 aromatic rings. The van der Waals surface area contributed by atoms with Crippen molar-refractivity contribution in [1.82, 2.24) is 4.31 Å². The zero-order valence-corrected chi connectivity index (χ0v) is 12.8. The first kappa shape index (κ1) is 16.9. The molecule has 0 aromatic heterocycles. The van der Waals surface area contributed by atoms with Crippen LogP contribution in [0.5, 0.6) is 0 Å². The van der Waals surface area contributed by atoms with E-state index in [0.29, 0.717) is 9.87 Å². The maximum absolute atomic E-state index is 12.3. The minimum absolute atomic E-state index is 0.0412. The quantitative estimate of drug-likeness (QED) is 0.759. The van der Waals surface area contributed by atoms with E-state index >= 15 is 0 Å². The summed E-state index contributed by atoms with van der Waals surface area (Å²) in [6.45, 7) is -0.929. The van der Waals surface area contributed by atoms with Gasteiger partial charge in [-0.1, -0.05) is 23.2 Å². The maximum atomic E-state index is 12.3. The molecule has 0 saturated carbocycles. The molecule has 0 spiro atoms. The van der Waals surface area contributed by atoms with Gasteiger partial charge >= 0.3 is 0 Å². The van der Waals surface area contributed by atoms with E-state index in [9.17, 15) is 17.2 Å². The minimum atomic E-state index is -4.14. The number of nitrogens with zero attached hydrogens (tertiary/aromatic N) is 1. The van der Waals surface area contributed by atoms with E-state index in [1.807, 2.05) is 0 Å². The van der Waals surface area contributed by atoms with Gasteiger partial charge in [-0.15, -0.1) is 11.6 Å². The Balaban J connectivity index is 3.32. The van der Waals surface area contributed by atoms with Gasteiger partial charge in [0.05, 0.1) is 11.6 Å². The molecule has 0 unspecified atom stereocenters. The van der Waals surface area contributed by atoms with E-state index in [0.717, 1.165) is 13.1 Å². The molecule has 108 valence electrons. The van der Waals surface area contributed by atoms with Crippen LogP contribution in [0.4, 0.5) is 8.78 Å². The normalized spacial score (nSPS) is 12.4. The summed E-state index contributed by atoms with van der Waals surface area (Å²) in [5.41, 5.74) is 0.319. The van der Waals surface area contributed by atoms with Crippen LogP contribution in [0.25, 0.3) is 0 Å². The fourth-order valence-corrected chi connectivity index (χ4v) is 3.69. The molecule has 0 aliphatic carbocycles. The third-order valence-corrected chi connectivity index (χ3v) is 5.22. The molecule has 3 nitrogen and oxygen atoms in total. The molecule has 0 bridgehead atoms. The summed E-state index contributed by atoms with van der Waals surface area (Å²) in [5.74, 6) is -0.0412. The smallest absolute Gasteiger partial charge is 0.209 e. The molecule has 0 saturated heterocycles. The fourth-order valence-electron chi connectivity index (χ4n) is 1.36. The Hall–Kier alpha value is -0.140. The number of rotatable bonds is 5. The van der Waals surface area contributed by atoms with Gasteiger partial charge < -0.3 is 0 Å². The Kier molecular flexibility index (Phi) is 5.82. The summed E-state index contributed by atoms with van der Waals surface area (Å²) < 4.78 is 49.3. The minimum Gasteiger partial charge on any atom is -0.209 e. The van der Waals surface area contributed by atoms with Crippen molar-refractivity contribution in [3.05, 3.63) is 27.7 Å². The van der Waals surface area contributed by atoms with Crippen LogP contribution in [-0.4, -0.2) is 32.7 Å². The van der Waals surface area contributed by atoms with Crippen LogP contribution in [0.2, 0.25) is 10.0 Å². The van der Waals surface area contributed by atoms with Crippen LogP contribution in [-0.2, 0) is 15.9 Å². The first-order valence-corrected chi connectivity index (χ1v) is 7.71. The molecule has 19 heavy (non-hydrogen) atoms. The van der Waals surface area contributed by atoms with Crippen molar-refractivity contribution in [2.24, 2.45) is 0 Å². The van der Waals surface area contributed by atoms with Gasteiger partial charge in [0.1, 0.15) is 4.90 Å². The summed E-state index contributed by atoms with van der Waals surface area (Å²) >= 11 is 17.3. The van der Waals surface area contributed by atoms with Crippen molar-refractivity contribution >= 4 is 44.8 Å². The number of halogens is 5. The average Bonchev–Trinajstić information content (AvgIpc) is 2.30. The van der Waals surface area contributed by atoms with Gasteiger partial charge in [-0.2, -0.15) is 4.31 Å². The monoisotopic (exact) mass is 351 g/mol. The van der Waals surface area contributed by atoms with Gasteiger partial charge in [-0.05, 0) is 17.7 Å². The molecule has 1 aromatic carbocycles. The summed E-state index contributed by atoms with van der Waals surface area (Å²) in [6.07, 6.45) is -2.79. The molecule has 0 fully saturated rings. The first-order valence-electron chi connectivity index (χ1n) is 4.98. The topological polar surface area (TPSA) is 37.4 Å². The summed E-state index contributed by atoms with van der Waals surface area (Å²) in [5, 5.41) is 0.00425. The highest BCUT2D eigenvalue weighted by atomic mass is 35.5. The third-order valence-electron chi connectivity index (χ3n) is 2.31. The predicted molar refractivity (Wildman–Crippen MR) is 71.8 cm³/mol. The largest absolute Gasteiger partial charge is 0.252 e. The molecule has 0 N–H and O–H groups in total. The highest BCUT2D eigenvalue weighted by Gasteiger charge is 2.27. The molecule has 1 rings (SSSR count). The van der Waals surface area contributed by atoms with Crippen LogP contribution < -0.4 is 0 Å². The lowest BCUT2D eigenvalue weighted by atomic mass is 10.2. The van der Waals surface area contributed by atoms with Crippen molar-refractivity contribution in [3.63, 3.8) is 0 Å². The van der Waals surface area contributed by atoms with E-state index < -0.39 is 23.0 Å². The lowest BCUT2D eigenvalue weighted by Gasteiger charge is -2.18. The standard InChI is InChI=1S/C10H10Cl3F2NO2S/c1-16(5-9(14)15)19(17,18)8-3-7(12)2-6(4-11)10(8)13/h2-3,9H,4-5H2,1H3. The Morgan fingerprint density at radius 1 is 1.32 bits per heavy atom. The van der Waals surface area contributed by atoms with E-state index in [-0.39, 0.29) is 20.8 Å². The van der Waals surface area contributed by atoms with Gasteiger partial charge in [0.2, 0.25) is 10.0 Å². The van der Waals surface area contributed by atoms with Crippen LogP contribution in [0.1, 0.15) is 5.56 Å². The highest BCUT2D eigenvalue weighted by molar-refractivity contribution is 7.89. The molecule has 0 amide bonds. The van der Waals surface area contributed by atoms with Crippen molar-refractivity contribution in [3.8, 4) is 0 Å². The second-order valence-electron chi connectivity index (χ2n) is 3.69. The lowest BCUT2D eigenvalue weighted by molar-refractivity contribution is 0.126. The van der Waals surface area contributed by atoms with E-state index in [1.54, 1.807) is 0 Å². The molecular formula is C10H10Cl3F2NO2S. The second kappa shape index (κ2) is 6.54. The van der Waals surface area contributed by atoms with Gasteiger partial charge in [-0.25, -0.2) is 17.2 Å². The number of benzene rings is 1. The Labute approximate surface area is 125 Å². The Morgan fingerprint density at radius 2 is 1.89 bits per heavy atom. The van der Waals surface area contributed by atoms with Crippen molar-refractivity contribution in [2.75, 3.05) is 13.6 Å². The van der Waals surface area contributed by atoms with Crippen LogP contribution in [0, 0.1) is 0 Å². The molecule has 9 heteroatoms. The number of sulfonamides is 1. The van der Waals surface area contributed by atoms with E-state index in [2.05, 4.69) is 0 Å². The van der Waals surface area contributed by atoms with Gasteiger partial charge in [0.25, 0.3) is 6.43 Å². The number of hydrogen-bond acceptors (Lipinski definition) is 2. The fraction of sp³-hybridized carbons (Fsp3) is 0.400. The summed E-state index contributed by atoms with van der Waals surface area (Å²) in [4.78, 5) is -0.333. The van der Waals surface area contributed by atoms with Crippen molar-refractivity contribution in [2.45, 2.75) is 17.2 Å². The third kappa shape index (κ3) is 3.92. The Bertz CT molecular complexity index is 566. The SMILES string of the molecule is CN(CC(F)F)S(=O)(=O)c1cc(Cl)cc(CCl)c1Cl. The molecular weight excluding hydrogens is 343 g/mol. The molecule has 0 aliphatic heterocycles. The average molecular weight is 353 g/mol. The lowest BCUT2D eigenvalue weighted by Crippen LogP contribution is -2.31. The van der Waals surface area contributed by atoms with Crippen molar-refractivity contribution < 1.29 is 17.2 Å². The van der Waals surface area contributed by atoms with E-state index in [1.165, 1.54) is 6.07 Å². The first-order chi connectivity index (χ1) is 8.70. The van der Waals surface area contributed by atoms with Crippen LogP contribution >= 0.6 is 34.8 Å².